The normalized spacial score (nSPS) is 21.3. The Kier molecular flexibility index (Phi) is 6.89. The Bertz CT molecular complexity index is 986. The van der Waals surface area contributed by atoms with Gasteiger partial charge in [0, 0.05) is 32.8 Å². The van der Waals surface area contributed by atoms with Crippen molar-refractivity contribution in [3.8, 4) is 0 Å². The number of thioether (sulfide) groups is 1. The van der Waals surface area contributed by atoms with Crippen LogP contribution >= 0.6 is 11.8 Å². The predicted molar refractivity (Wildman–Crippen MR) is 114 cm³/mol. The van der Waals surface area contributed by atoms with Gasteiger partial charge in [-0.25, -0.2) is 13.1 Å². The number of hydrogen-bond acceptors (Lipinski definition) is 8. The average Bonchev–Trinajstić information content (AvgIpc) is 3.46. The van der Waals surface area contributed by atoms with Gasteiger partial charge in [0.25, 0.3) is 0 Å². The van der Waals surface area contributed by atoms with Gasteiger partial charge in [-0.2, -0.15) is 4.31 Å². The maximum atomic E-state index is 12.9. The second-order valence-electron chi connectivity index (χ2n) is 7.58. The number of hydrogen-bond donors (Lipinski definition) is 0. The number of aromatic nitrogens is 4. The van der Waals surface area contributed by atoms with Crippen LogP contribution in [0.5, 0.6) is 0 Å². The van der Waals surface area contributed by atoms with E-state index in [9.17, 15) is 13.2 Å². The van der Waals surface area contributed by atoms with Gasteiger partial charge in [0.1, 0.15) is 0 Å². The highest BCUT2D eigenvalue weighted by molar-refractivity contribution is 8.00. The molecule has 168 valence electrons. The Morgan fingerprint density at radius 1 is 1.23 bits per heavy atom. The number of benzene rings is 1. The third-order valence-electron chi connectivity index (χ3n) is 5.46. The maximum Gasteiger partial charge on any atom is 0.243 e. The van der Waals surface area contributed by atoms with Crippen LogP contribution in [0, 0.1) is 0 Å². The first kappa shape index (κ1) is 22.2. The molecule has 2 aromatic rings. The van der Waals surface area contributed by atoms with Crippen LogP contribution in [0.25, 0.3) is 0 Å². The Morgan fingerprint density at radius 2 is 1.97 bits per heavy atom. The fraction of sp³-hybridized carbons (Fsp3) is 0.579. The lowest BCUT2D eigenvalue weighted by molar-refractivity contribution is -0.131. The molecule has 1 amide bonds. The minimum absolute atomic E-state index is 0.0478. The molecule has 1 aromatic carbocycles. The molecule has 2 atom stereocenters. The second-order valence-corrected chi connectivity index (χ2v) is 10.8. The average molecular weight is 467 g/mol. The lowest BCUT2D eigenvalue weighted by Crippen LogP contribution is -2.52. The summed E-state index contributed by atoms with van der Waals surface area (Å²) >= 11 is 1.31. The van der Waals surface area contributed by atoms with E-state index in [0.717, 1.165) is 19.4 Å². The van der Waals surface area contributed by atoms with Crippen molar-refractivity contribution in [1.82, 2.24) is 29.4 Å². The maximum absolute atomic E-state index is 12.9. The van der Waals surface area contributed by atoms with E-state index >= 15 is 0 Å². The molecule has 12 heteroatoms. The molecular weight excluding hydrogens is 440 g/mol. The number of rotatable bonds is 7. The van der Waals surface area contributed by atoms with E-state index in [0.29, 0.717) is 24.8 Å². The highest BCUT2D eigenvalue weighted by Gasteiger charge is 2.32. The number of tetrazole rings is 1. The summed E-state index contributed by atoms with van der Waals surface area (Å²) in [6, 6.07) is 8.38. The fourth-order valence-electron chi connectivity index (χ4n) is 3.73. The molecule has 3 heterocycles. The van der Waals surface area contributed by atoms with E-state index in [-0.39, 0.29) is 35.2 Å². The summed E-state index contributed by atoms with van der Waals surface area (Å²) in [5, 5.41) is 12.0. The van der Waals surface area contributed by atoms with Crippen molar-refractivity contribution >= 4 is 27.7 Å². The van der Waals surface area contributed by atoms with E-state index in [1.54, 1.807) is 39.9 Å². The van der Waals surface area contributed by atoms with Crippen LogP contribution in [0.15, 0.2) is 40.4 Å². The Morgan fingerprint density at radius 3 is 2.65 bits per heavy atom. The highest BCUT2D eigenvalue weighted by atomic mass is 32.2. The first-order chi connectivity index (χ1) is 14.9. The van der Waals surface area contributed by atoms with Crippen molar-refractivity contribution in [2.24, 2.45) is 0 Å². The number of carbonyl (C=O) groups is 1. The first-order valence-corrected chi connectivity index (χ1v) is 12.7. The van der Waals surface area contributed by atoms with E-state index in [1.807, 2.05) is 6.92 Å². The topological polar surface area (TPSA) is 111 Å². The standard InChI is InChI=1S/C19H26N6O4S2/c1-15(30-19-20-21-22-25(19)14-16-6-5-13-29-16)18(26)23-9-11-24(12-10-23)31(27,28)17-7-3-2-4-8-17/h2-4,7-8,15-16H,5-6,9-14H2,1H3/t15-,16+/m0/s1. The third kappa shape index (κ3) is 5.08. The summed E-state index contributed by atoms with van der Waals surface area (Å²) in [6.07, 6.45) is 2.12. The van der Waals surface area contributed by atoms with Crippen LogP contribution in [0.1, 0.15) is 19.8 Å². The van der Waals surface area contributed by atoms with Crippen molar-refractivity contribution in [2.75, 3.05) is 32.8 Å². The van der Waals surface area contributed by atoms with Gasteiger partial charge >= 0.3 is 0 Å². The minimum atomic E-state index is -3.54. The zero-order chi connectivity index (χ0) is 21.8. The van der Waals surface area contributed by atoms with Gasteiger partial charge in [-0.15, -0.1) is 5.10 Å². The lowest BCUT2D eigenvalue weighted by Gasteiger charge is -2.35. The summed E-state index contributed by atoms with van der Waals surface area (Å²) in [6.45, 7) is 4.43. The molecule has 0 radical (unpaired) electrons. The molecule has 4 rings (SSSR count). The molecular formula is C19H26N6O4S2. The van der Waals surface area contributed by atoms with Crippen LogP contribution in [0.3, 0.4) is 0 Å². The lowest BCUT2D eigenvalue weighted by atomic mass is 10.2. The van der Waals surface area contributed by atoms with E-state index in [4.69, 9.17) is 4.74 Å². The SMILES string of the molecule is C[C@H](Sc1nnnn1C[C@H]1CCCO1)C(=O)N1CCN(S(=O)(=O)c2ccccc2)CC1. The van der Waals surface area contributed by atoms with Crippen molar-refractivity contribution < 1.29 is 17.9 Å². The monoisotopic (exact) mass is 466 g/mol. The zero-order valence-electron chi connectivity index (χ0n) is 17.3. The van der Waals surface area contributed by atoms with Gasteiger partial charge in [0.05, 0.1) is 22.8 Å². The van der Waals surface area contributed by atoms with Gasteiger partial charge in [0.15, 0.2) is 0 Å². The number of carbonyl (C=O) groups excluding carboxylic acids is 1. The van der Waals surface area contributed by atoms with Crippen LogP contribution < -0.4 is 0 Å². The quantitative estimate of drug-likeness (QED) is 0.553. The van der Waals surface area contributed by atoms with Crippen LogP contribution in [-0.4, -0.2) is 87.9 Å². The Balaban J connectivity index is 1.32. The second kappa shape index (κ2) is 9.63. The van der Waals surface area contributed by atoms with Crippen molar-refractivity contribution in [3.63, 3.8) is 0 Å². The van der Waals surface area contributed by atoms with Crippen LogP contribution in [-0.2, 0) is 26.1 Å². The van der Waals surface area contributed by atoms with E-state index in [2.05, 4.69) is 15.5 Å². The van der Waals surface area contributed by atoms with Crippen molar-refractivity contribution in [1.29, 1.82) is 0 Å². The Labute approximate surface area is 186 Å². The fourth-order valence-corrected chi connectivity index (χ4v) is 6.06. The summed E-state index contributed by atoms with van der Waals surface area (Å²) in [4.78, 5) is 14.9. The molecule has 0 N–H and O–H groups in total. The minimum Gasteiger partial charge on any atom is -0.376 e. The summed E-state index contributed by atoms with van der Waals surface area (Å²) in [7, 11) is -3.54. The summed E-state index contributed by atoms with van der Waals surface area (Å²) in [5.74, 6) is -0.0478. The summed E-state index contributed by atoms with van der Waals surface area (Å²) < 4.78 is 34.3. The molecule has 0 bridgehead atoms. The number of ether oxygens (including phenoxy) is 1. The Hall–Kier alpha value is -2.02. The highest BCUT2D eigenvalue weighted by Crippen LogP contribution is 2.25. The molecule has 0 spiro atoms. The molecule has 1 aromatic heterocycles. The molecule has 10 nitrogen and oxygen atoms in total. The predicted octanol–water partition coefficient (Wildman–Crippen LogP) is 0.866. The third-order valence-corrected chi connectivity index (χ3v) is 8.43. The molecule has 0 saturated carbocycles. The number of sulfonamides is 1. The van der Waals surface area contributed by atoms with Crippen LogP contribution in [0.4, 0.5) is 0 Å². The molecule has 0 aliphatic carbocycles. The smallest absolute Gasteiger partial charge is 0.243 e. The van der Waals surface area contributed by atoms with Gasteiger partial charge in [-0.1, -0.05) is 30.0 Å². The zero-order valence-corrected chi connectivity index (χ0v) is 19.0. The summed E-state index contributed by atoms with van der Waals surface area (Å²) in [5.41, 5.74) is 0. The van der Waals surface area contributed by atoms with Gasteiger partial charge < -0.3 is 9.64 Å². The van der Waals surface area contributed by atoms with Gasteiger partial charge in [-0.05, 0) is 42.3 Å². The number of piperazine rings is 1. The number of amides is 1. The molecule has 2 fully saturated rings. The molecule has 31 heavy (non-hydrogen) atoms. The number of nitrogens with zero attached hydrogens (tertiary/aromatic N) is 6. The van der Waals surface area contributed by atoms with Crippen LogP contribution in [0.2, 0.25) is 0 Å². The van der Waals surface area contributed by atoms with E-state index < -0.39 is 10.0 Å². The van der Waals surface area contributed by atoms with E-state index in [1.165, 1.54) is 16.1 Å². The molecule has 0 unspecified atom stereocenters. The van der Waals surface area contributed by atoms with Gasteiger partial charge in [-0.3, -0.25) is 4.79 Å². The molecule has 2 aliphatic heterocycles. The molecule has 2 aliphatic rings. The first-order valence-electron chi connectivity index (χ1n) is 10.3. The van der Waals surface area contributed by atoms with Crippen molar-refractivity contribution in [2.45, 2.75) is 47.7 Å². The van der Waals surface area contributed by atoms with Gasteiger partial charge in [0.2, 0.25) is 21.1 Å². The van der Waals surface area contributed by atoms with Crippen molar-refractivity contribution in [3.05, 3.63) is 30.3 Å². The largest absolute Gasteiger partial charge is 0.376 e. The molecule has 2 saturated heterocycles.